The summed E-state index contributed by atoms with van der Waals surface area (Å²) in [5, 5.41) is 24.1. The summed E-state index contributed by atoms with van der Waals surface area (Å²) < 4.78 is 28.3. The van der Waals surface area contributed by atoms with Crippen LogP contribution in [0, 0.1) is 18.6 Å². The average Bonchev–Trinajstić information content (AvgIpc) is 2.74. The van der Waals surface area contributed by atoms with Crippen LogP contribution >= 0.6 is 0 Å². The number of aryl methyl sites for hydroxylation is 1. The molecular formula is C23H25F2N3O3. The molecule has 1 aliphatic rings. The van der Waals surface area contributed by atoms with Gasteiger partial charge in [-0.25, -0.2) is 13.8 Å². The molecule has 2 heterocycles. The van der Waals surface area contributed by atoms with E-state index in [1.165, 1.54) is 17.0 Å². The molecule has 2 aromatic carbocycles. The lowest BCUT2D eigenvalue weighted by Crippen LogP contribution is -2.47. The SMILES string of the molecule is Cc1cc(-c2ccc(F)c(F)c2)cc2c(=O)n(C[C@@H](O)C[C@H]3NCCC[C@@H]3O)cnc12. The summed E-state index contributed by atoms with van der Waals surface area (Å²) in [6.45, 7) is 2.63. The topological polar surface area (TPSA) is 87.4 Å². The minimum Gasteiger partial charge on any atom is -0.392 e. The van der Waals surface area contributed by atoms with Crippen molar-refractivity contribution in [1.82, 2.24) is 14.9 Å². The molecule has 0 unspecified atom stereocenters. The molecule has 1 saturated heterocycles. The third kappa shape index (κ3) is 4.51. The molecule has 31 heavy (non-hydrogen) atoms. The summed E-state index contributed by atoms with van der Waals surface area (Å²) in [7, 11) is 0. The van der Waals surface area contributed by atoms with Crippen LogP contribution in [-0.4, -0.2) is 44.6 Å². The van der Waals surface area contributed by atoms with Crippen molar-refractivity contribution in [2.75, 3.05) is 6.54 Å². The third-order valence-corrected chi connectivity index (χ3v) is 5.85. The number of hydrogen-bond acceptors (Lipinski definition) is 5. The number of piperidine rings is 1. The minimum atomic E-state index is -0.958. The van der Waals surface area contributed by atoms with E-state index in [1.807, 2.05) is 0 Å². The van der Waals surface area contributed by atoms with Gasteiger partial charge in [-0.05, 0) is 73.7 Å². The first-order valence-electron chi connectivity index (χ1n) is 10.4. The summed E-state index contributed by atoms with van der Waals surface area (Å²) in [6, 6.07) is 6.78. The van der Waals surface area contributed by atoms with Crippen molar-refractivity contribution in [3.63, 3.8) is 0 Å². The molecule has 0 radical (unpaired) electrons. The molecule has 8 heteroatoms. The number of fused-ring (bicyclic) bond motifs is 1. The van der Waals surface area contributed by atoms with Crippen molar-refractivity contribution in [2.24, 2.45) is 0 Å². The highest BCUT2D eigenvalue weighted by Crippen LogP contribution is 2.26. The first kappa shape index (κ1) is 21.5. The molecule has 0 bridgehead atoms. The number of nitrogens with one attached hydrogen (secondary N) is 1. The number of aliphatic hydroxyl groups excluding tert-OH is 2. The standard InChI is InChI=1S/C23H25F2N3O3/c1-13-7-15(14-4-5-18(24)19(25)9-14)8-17-22(13)27-12-28(23(17)31)11-16(29)10-20-21(30)3-2-6-26-20/h4-5,7-9,12,16,20-21,26,29-30H,2-3,6,10-11H2,1H3/t16-,20+,21-/m0/s1. The van der Waals surface area contributed by atoms with Gasteiger partial charge in [0.05, 0.1) is 36.0 Å². The van der Waals surface area contributed by atoms with E-state index in [9.17, 15) is 23.8 Å². The van der Waals surface area contributed by atoms with Crippen LogP contribution in [0.5, 0.6) is 0 Å². The van der Waals surface area contributed by atoms with E-state index in [0.717, 1.165) is 30.7 Å². The van der Waals surface area contributed by atoms with Gasteiger partial charge in [-0.3, -0.25) is 9.36 Å². The van der Waals surface area contributed by atoms with Gasteiger partial charge in [-0.2, -0.15) is 0 Å². The predicted octanol–water partition coefficient (Wildman–Crippen LogP) is 2.51. The van der Waals surface area contributed by atoms with Gasteiger partial charge in [0.1, 0.15) is 0 Å². The van der Waals surface area contributed by atoms with Crippen LogP contribution in [0.25, 0.3) is 22.0 Å². The van der Waals surface area contributed by atoms with E-state index >= 15 is 0 Å². The second-order valence-corrected chi connectivity index (χ2v) is 8.18. The van der Waals surface area contributed by atoms with Gasteiger partial charge in [0.2, 0.25) is 0 Å². The molecule has 3 atom stereocenters. The predicted molar refractivity (Wildman–Crippen MR) is 114 cm³/mol. The minimum absolute atomic E-state index is 0.0428. The van der Waals surface area contributed by atoms with Crippen LogP contribution in [0.1, 0.15) is 24.8 Å². The number of aliphatic hydroxyl groups is 2. The van der Waals surface area contributed by atoms with Crippen LogP contribution < -0.4 is 10.9 Å². The molecule has 164 valence electrons. The molecule has 6 nitrogen and oxygen atoms in total. The number of aromatic nitrogens is 2. The quantitative estimate of drug-likeness (QED) is 0.580. The number of nitrogens with zero attached hydrogens (tertiary/aromatic N) is 2. The molecule has 3 N–H and O–H groups in total. The zero-order valence-corrected chi connectivity index (χ0v) is 17.2. The van der Waals surface area contributed by atoms with Crippen LogP contribution in [0.15, 0.2) is 41.5 Å². The van der Waals surface area contributed by atoms with Gasteiger partial charge in [0.15, 0.2) is 11.6 Å². The molecular weight excluding hydrogens is 404 g/mol. The van der Waals surface area contributed by atoms with Gasteiger partial charge in [-0.15, -0.1) is 0 Å². The molecule has 0 aliphatic carbocycles. The third-order valence-electron chi connectivity index (χ3n) is 5.85. The lowest BCUT2D eigenvalue weighted by atomic mass is 9.96. The Morgan fingerprint density at radius 3 is 2.77 bits per heavy atom. The summed E-state index contributed by atoms with van der Waals surface area (Å²) in [5.41, 5.74) is 1.96. The average molecular weight is 429 g/mol. The van der Waals surface area contributed by atoms with Crippen LogP contribution in [0.2, 0.25) is 0 Å². The Morgan fingerprint density at radius 2 is 2.03 bits per heavy atom. The Hall–Kier alpha value is -2.68. The molecule has 3 aromatic rings. The van der Waals surface area contributed by atoms with Gasteiger partial charge in [0, 0.05) is 6.04 Å². The normalized spacial score (nSPS) is 20.2. The zero-order valence-electron chi connectivity index (χ0n) is 17.2. The van der Waals surface area contributed by atoms with Crippen molar-refractivity contribution < 1.29 is 19.0 Å². The first-order chi connectivity index (χ1) is 14.8. The largest absolute Gasteiger partial charge is 0.392 e. The van der Waals surface area contributed by atoms with E-state index in [0.29, 0.717) is 34.9 Å². The van der Waals surface area contributed by atoms with E-state index in [4.69, 9.17) is 0 Å². The Kier molecular flexibility index (Phi) is 6.13. The highest BCUT2D eigenvalue weighted by molar-refractivity contribution is 5.86. The molecule has 0 spiro atoms. The monoisotopic (exact) mass is 429 g/mol. The van der Waals surface area contributed by atoms with Crippen molar-refractivity contribution in [3.8, 4) is 11.1 Å². The van der Waals surface area contributed by atoms with Gasteiger partial charge in [0.25, 0.3) is 5.56 Å². The lowest BCUT2D eigenvalue weighted by Gasteiger charge is -2.30. The first-order valence-corrected chi connectivity index (χ1v) is 10.4. The molecule has 0 saturated carbocycles. The Bertz CT molecular complexity index is 1160. The number of rotatable bonds is 5. The highest BCUT2D eigenvalue weighted by atomic mass is 19.2. The van der Waals surface area contributed by atoms with Crippen molar-refractivity contribution in [1.29, 1.82) is 0 Å². The van der Waals surface area contributed by atoms with Gasteiger partial charge in [-0.1, -0.05) is 6.07 Å². The van der Waals surface area contributed by atoms with Crippen LogP contribution in [0.3, 0.4) is 0 Å². The van der Waals surface area contributed by atoms with Crippen molar-refractivity contribution >= 4 is 10.9 Å². The summed E-state index contributed by atoms with van der Waals surface area (Å²) in [4.78, 5) is 17.5. The fourth-order valence-corrected chi connectivity index (χ4v) is 4.19. The van der Waals surface area contributed by atoms with Crippen molar-refractivity contribution in [2.45, 2.75) is 51.0 Å². The van der Waals surface area contributed by atoms with Crippen molar-refractivity contribution in [3.05, 3.63) is 64.2 Å². The van der Waals surface area contributed by atoms with E-state index < -0.39 is 23.8 Å². The fourth-order valence-electron chi connectivity index (χ4n) is 4.19. The van der Waals surface area contributed by atoms with E-state index in [-0.39, 0.29) is 18.1 Å². The van der Waals surface area contributed by atoms with Gasteiger partial charge >= 0.3 is 0 Å². The number of halogens is 2. The maximum Gasteiger partial charge on any atom is 0.261 e. The van der Waals surface area contributed by atoms with Crippen LogP contribution in [0.4, 0.5) is 8.78 Å². The molecule has 1 aliphatic heterocycles. The zero-order chi connectivity index (χ0) is 22.1. The van der Waals surface area contributed by atoms with E-state index in [2.05, 4.69) is 10.3 Å². The Balaban J connectivity index is 1.64. The fraction of sp³-hybridized carbons (Fsp3) is 0.391. The Morgan fingerprint density at radius 1 is 1.23 bits per heavy atom. The maximum absolute atomic E-state index is 13.7. The van der Waals surface area contributed by atoms with Gasteiger partial charge < -0.3 is 15.5 Å². The molecule has 4 rings (SSSR count). The molecule has 1 fully saturated rings. The Labute approximate surface area is 178 Å². The summed E-state index contributed by atoms with van der Waals surface area (Å²) in [5.74, 6) is -1.89. The van der Waals surface area contributed by atoms with Crippen LogP contribution in [-0.2, 0) is 6.54 Å². The lowest BCUT2D eigenvalue weighted by molar-refractivity contribution is 0.0539. The number of hydrogen-bond donors (Lipinski definition) is 3. The molecule has 0 amide bonds. The number of benzene rings is 2. The highest BCUT2D eigenvalue weighted by Gasteiger charge is 2.25. The second kappa shape index (κ2) is 8.82. The van der Waals surface area contributed by atoms with E-state index in [1.54, 1.807) is 19.1 Å². The smallest absolute Gasteiger partial charge is 0.261 e. The maximum atomic E-state index is 13.7. The summed E-state index contributed by atoms with van der Waals surface area (Å²) >= 11 is 0. The molecule has 1 aromatic heterocycles. The second-order valence-electron chi connectivity index (χ2n) is 8.18. The summed E-state index contributed by atoms with van der Waals surface area (Å²) in [6.07, 6.45) is 1.95.